The van der Waals surface area contributed by atoms with Crippen LogP contribution in [0.15, 0.2) is 23.2 Å². The Labute approximate surface area is 165 Å². The van der Waals surface area contributed by atoms with Gasteiger partial charge in [-0.15, -0.1) is 0 Å². The van der Waals surface area contributed by atoms with Gasteiger partial charge in [-0.25, -0.2) is 0 Å². The predicted molar refractivity (Wildman–Crippen MR) is 106 cm³/mol. The van der Waals surface area contributed by atoms with E-state index in [9.17, 15) is 0 Å². The summed E-state index contributed by atoms with van der Waals surface area (Å²) >= 11 is 12.1. The lowest BCUT2D eigenvalue weighted by molar-refractivity contribution is 0.0424. The molecule has 0 aliphatic carbocycles. The van der Waals surface area contributed by atoms with Gasteiger partial charge in [0.15, 0.2) is 5.96 Å². The quantitative estimate of drug-likeness (QED) is 0.357. The highest BCUT2D eigenvalue weighted by atomic mass is 35.5. The Morgan fingerprint density at radius 1 is 1.31 bits per heavy atom. The summed E-state index contributed by atoms with van der Waals surface area (Å²) in [5.41, 5.74) is 0. The lowest BCUT2D eigenvalue weighted by Crippen LogP contribution is -2.39. The number of nitrogens with one attached hydrogen (secondary N) is 2. The summed E-state index contributed by atoms with van der Waals surface area (Å²) in [5, 5.41) is 7.36. The van der Waals surface area contributed by atoms with E-state index in [4.69, 9.17) is 37.4 Å². The van der Waals surface area contributed by atoms with Crippen molar-refractivity contribution in [3.05, 3.63) is 28.2 Å². The molecule has 1 aliphatic rings. The average Bonchev–Trinajstić information content (AvgIpc) is 3.15. The zero-order valence-electron chi connectivity index (χ0n) is 15.1. The molecule has 0 aromatic heterocycles. The number of aliphatic imine (C=N–C) groups is 1. The Balaban J connectivity index is 1.63. The topological polar surface area (TPSA) is 64.1 Å². The van der Waals surface area contributed by atoms with Crippen molar-refractivity contribution in [2.45, 2.75) is 25.9 Å². The maximum absolute atomic E-state index is 6.10. The van der Waals surface area contributed by atoms with Crippen molar-refractivity contribution < 1.29 is 14.2 Å². The minimum atomic E-state index is 0.251. The molecular formula is C18H27Cl2N3O3. The van der Waals surface area contributed by atoms with Crippen molar-refractivity contribution in [2.75, 3.05) is 46.1 Å². The zero-order chi connectivity index (χ0) is 18.6. The van der Waals surface area contributed by atoms with Crippen LogP contribution in [0, 0.1) is 0 Å². The van der Waals surface area contributed by atoms with Gasteiger partial charge < -0.3 is 24.8 Å². The highest BCUT2D eigenvalue weighted by Crippen LogP contribution is 2.31. The summed E-state index contributed by atoms with van der Waals surface area (Å²) in [6.07, 6.45) is 2.12. The fourth-order valence-corrected chi connectivity index (χ4v) is 2.76. The number of hydrogen-bond acceptors (Lipinski definition) is 4. The molecule has 1 saturated heterocycles. The second kappa shape index (κ2) is 12.2. The van der Waals surface area contributed by atoms with E-state index in [1.807, 2.05) is 13.0 Å². The van der Waals surface area contributed by atoms with Crippen molar-refractivity contribution in [1.82, 2.24) is 10.6 Å². The van der Waals surface area contributed by atoms with Crippen LogP contribution in [0.3, 0.4) is 0 Å². The molecule has 1 atom stereocenters. The van der Waals surface area contributed by atoms with Crippen molar-refractivity contribution in [3.63, 3.8) is 0 Å². The van der Waals surface area contributed by atoms with Gasteiger partial charge in [-0.3, -0.25) is 4.99 Å². The molecule has 0 radical (unpaired) electrons. The molecule has 146 valence electrons. The molecule has 1 aromatic carbocycles. The van der Waals surface area contributed by atoms with E-state index in [-0.39, 0.29) is 6.10 Å². The minimum Gasteiger partial charge on any atom is -0.490 e. The molecule has 1 fully saturated rings. The van der Waals surface area contributed by atoms with Crippen molar-refractivity contribution in [3.8, 4) is 5.75 Å². The normalized spacial score (nSPS) is 17.3. The molecule has 1 aromatic rings. The van der Waals surface area contributed by atoms with Crippen LogP contribution in [-0.2, 0) is 9.47 Å². The maximum atomic E-state index is 6.10. The first-order valence-electron chi connectivity index (χ1n) is 8.99. The van der Waals surface area contributed by atoms with E-state index in [1.54, 1.807) is 12.1 Å². The standard InChI is InChI=1S/C18H27Cl2N3O3/c1-2-21-18(22-8-4-10-25-14-7-11-24-13-14)23-9-12-26-16-6-3-5-15(19)17(16)20/h3,5-6,14H,2,4,7-13H2,1H3,(H2,21,22,23). The summed E-state index contributed by atoms with van der Waals surface area (Å²) in [4.78, 5) is 4.53. The Morgan fingerprint density at radius 2 is 2.19 bits per heavy atom. The Hall–Kier alpha value is -1.21. The Morgan fingerprint density at radius 3 is 2.96 bits per heavy atom. The molecule has 0 saturated carbocycles. The number of nitrogens with zero attached hydrogens (tertiary/aromatic N) is 1. The summed E-state index contributed by atoms with van der Waals surface area (Å²) in [6.45, 7) is 6.80. The molecular weight excluding hydrogens is 377 g/mol. The maximum Gasteiger partial charge on any atom is 0.191 e. The van der Waals surface area contributed by atoms with Crippen LogP contribution in [0.5, 0.6) is 5.75 Å². The molecule has 2 rings (SSSR count). The van der Waals surface area contributed by atoms with Gasteiger partial charge in [0.2, 0.25) is 0 Å². The summed E-state index contributed by atoms with van der Waals surface area (Å²) in [6, 6.07) is 5.33. The second-order valence-electron chi connectivity index (χ2n) is 5.80. The van der Waals surface area contributed by atoms with E-state index in [1.165, 1.54) is 0 Å². The first kappa shape index (κ1) is 21.1. The number of guanidine groups is 1. The first-order chi connectivity index (χ1) is 12.7. The zero-order valence-corrected chi connectivity index (χ0v) is 16.6. The molecule has 1 heterocycles. The molecule has 1 aliphatic heterocycles. The van der Waals surface area contributed by atoms with Crippen LogP contribution in [0.25, 0.3) is 0 Å². The minimum absolute atomic E-state index is 0.251. The summed E-state index contributed by atoms with van der Waals surface area (Å²) in [7, 11) is 0. The average molecular weight is 404 g/mol. The molecule has 0 bridgehead atoms. The highest BCUT2D eigenvalue weighted by Gasteiger charge is 2.15. The third kappa shape index (κ3) is 7.58. The van der Waals surface area contributed by atoms with Crippen molar-refractivity contribution >= 4 is 29.2 Å². The molecule has 0 amide bonds. The van der Waals surface area contributed by atoms with Crippen LogP contribution in [0.1, 0.15) is 19.8 Å². The van der Waals surface area contributed by atoms with Crippen LogP contribution >= 0.6 is 23.2 Å². The highest BCUT2D eigenvalue weighted by molar-refractivity contribution is 6.42. The van der Waals surface area contributed by atoms with Gasteiger partial charge >= 0.3 is 0 Å². The number of halogens is 2. The molecule has 6 nitrogen and oxygen atoms in total. The summed E-state index contributed by atoms with van der Waals surface area (Å²) in [5.74, 6) is 1.34. The fraction of sp³-hybridized carbons (Fsp3) is 0.611. The Kier molecular flexibility index (Phi) is 9.92. The first-order valence-corrected chi connectivity index (χ1v) is 9.74. The monoisotopic (exact) mass is 403 g/mol. The molecule has 8 heteroatoms. The second-order valence-corrected chi connectivity index (χ2v) is 6.58. The van der Waals surface area contributed by atoms with Gasteiger partial charge in [-0.2, -0.15) is 0 Å². The van der Waals surface area contributed by atoms with Crippen LogP contribution in [-0.4, -0.2) is 58.1 Å². The molecule has 2 N–H and O–H groups in total. The SMILES string of the molecule is CCNC(=NCCCOC1CCOC1)NCCOc1cccc(Cl)c1Cl. The van der Waals surface area contributed by atoms with Crippen molar-refractivity contribution in [1.29, 1.82) is 0 Å². The third-order valence-corrected chi connectivity index (χ3v) is 4.53. The third-order valence-electron chi connectivity index (χ3n) is 3.73. The van der Waals surface area contributed by atoms with E-state index in [0.717, 1.165) is 32.0 Å². The van der Waals surface area contributed by atoms with Gasteiger partial charge in [0.1, 0.15) is 17.4 Å². The van der Waals surface area contributed by atoms with Crippen molar-refractivity contribution in [2.24, 2.45) is 4.99 Å². The van der Waals surface area contributed by atoms with Crippen LogP contribution < -0.4 is 15.4 Å². The largest absolute Gasteiger partial charge is 0.490 e. The van der Waals surface area contributed by atoms with Gasteiger partial charge in [0.25, 0.3) is 0 Å². The van der Waals surface area contributed by atoms with Gasteiger partial charge in [-0.05, 0) is 31.9 Å². The predicted octanol–water partition coefficient (Wildman–Crippen LogP) is 3.12. The van der Waals surface area contributed by atoms with E-state index >= 15 is 0 Å². The molecule has 26 heavy (non-hydrogen) atoms. The number of rotatable bonds is 10. The van der Waals surface area contributed by atoms with Gasteiger partial charge in [0, 0.05) is 26.3 Å². The Bertz CT molecular complexity index is 567. The molecule has 1 unspecified atom stereocenters. The lowest BCUT2D eigenvalue weighted by Gasteiger charge is -2.13. The van der Waals surface area contributed by atoms with Crippen LogP contribution in [0.4, 0.5) is 0 Å². The van der Waals surface area contributed by atoms with Crippen LogP contribution in [0.2, 0.25) is 10.0 Å². The van der Waals surface area contributed by atoms with Gasteiger partial charge in [-0.1, -0.05) is 29.3 Å². The fourth-order valence-electron chi connectivity index (χ4n) is 2.42. The number of ether oxygens (including phenoxy) is 3. The molecule has 0 spiro atoms. The number of benzene rings is 1. The van der Waals surface area contributed by atoms with E-state index < -0.39 is 0 Å². The van der Waals surface area contributed by atoms with E-state index in [0.29, 0.717) is 48.7 Å². The number of hydrogen-bond donors (Lipinski definition) is 2. The van der Waals surface area contributed by atoms with Gasteiger partial charge in [0.05, 0.1) is 24.3 Å². The smallest absolute Gasteiger partial charge is 0.191 e. The summed E-state index contributed by atoms with van der Waals surface area (Å²) < 4.78 is 16.7. The lowest BCUT2D eigenvalue weighted by atomic mass is 10.3. The van der Waals surface area contributed by atoms with E-state index in [2.05, 4.69) is 15.6 Å².